The fourth-order valence-corrected chi connectivity index (χ4v) is 2.06. The van der Waals surface area contributed by atoms with Gasteiger partial charge < -0.3 is 20.7 Å². The highest BCUT2D eigenvalue weighted by molar-refractivity contribution is 5.95. The van der Waals surface area contributed by atoms with Gasteiger partial charge in [-0.15, -0.1) is 0 Å². The minimum atomic E-state index is -0.171. The Bertz CT molecular complexity index is 725. The Morgan fingerprint density at radius 3 is 2.28 bits per heavy atom. The molecule has 3 N–H and O–H groups in total. The van der Waals surface area contributed by atoms with Crippen molar-refractivity contribution in [2.45, 2.75) is 0 Å². The number of anilines is 2. The van der Waals surface area contributed by atoms with Crippen molar-refractivity contribution in [3.8, 4) is 5.75 Å². The second kappa shape index (κ2) is 9.12. The predicted molar refractivity (Wildman–Crippen MR) is 99.1 cm³/mol. The summed E-state index contributed by atoms with van der Waals surface area (Å²) < 4.78 is 5.38. The van der Waals surface area contributed by atoms with Crippen LogP contribution in [0.5, 0.6) is 5.75 Å². The van der Waals surface area contributed by atoms with Crippen molar-refractivity contribution in [2.24, 2.45) is 0 Å². The predicted octanol–water partition coefficient (Wildman–Crippen LogP) is 2.66. The summed E-state index contributed by atoms with van der Waals surface area (Å²) in [6.45, 7) is 4.14. The van der Waals surface area contributed by atoms with E-state index < -0.39 is 0 Å². The van der Waals surface area contributed by atoms with E-state index in [4.69, 9.17) is 4.74 Å². The van der Waals surface area contributed by atoms with Crippen LogP contribution in [0.2, 0.25) is 0 Å². The lowest BCUT2D eigenvalue weighted by molar-refractivity contribution is -0.114. The molecule has 0 aromatic heterocycles. The maximum atomic E-state index is 12.0. The Kier molecular flexibility index (Phi) is 6.59. The maximum absolute atomic E-state index is 12.0. The molecule has 2 amide bonds. The molecule has 2 aromatic rings. The number of nitrogens with one attached hydrogen (secondary N) is 3. The zero-order valence-corrected chi connectivity index (χ0v) is 14.0. The summed E-state index contributed by atoms with van der Waals surface area (Å²) >= 11 is 0. The number of hydrogen-bond acceptors (Lipinski definition) is 4. The third-order valence-electron chi connectivity index (χ3n) is 3.33. The average Bonchev–Trinajstić information content (AvgIpc) is 2.65. The van der Waals surface area contributed by atoms with Crippen LogP contribution in [0.3, 0.4) is 0 Å². The van der Waals surface area contributed by atoms with Crippen LogP contribution in [0, 0.1) is 0 Å². The van der Waals surface area contributed by atoms with E-state index >= 15 is 0 Å². The van der Waals surface area contributed by atoms with Crippen molar-refractivity contribution < 1.29 is 14.3 Å². The van der Waals surface area contributed by atoms with E-state index in [1.54, 1.807) is 61.7 Å². The first kappa shape index (κ1) is 18.1. The second-order valence-corrected chi connectivity index (χ2v) is 5.18. The normalized spacial score (nSPS) is 9.80. The number of amides is 2. The molecule has 0 heterocycles. The number of benzene rings is 2. The van der Waals surface area contributed by atoms with Gasteiger partial charge in [0.25, 0.3) is 5.91 Å². The van der Waals surface area contributed by atoms with E-state index in [1.165, 1.54) is 0 Å². The maximum Gasteiger partial charge on any atom is 0.251 e. The molecule has 6 nitrogen and oxygen atoms in total. The number of carbonyl (C=O) groups excluding carboxylic acids is 2. The molecule has 0 aliphatic rings. The molecule has 0 radical (unpaired) electrons. The number of rotatable bonds is 8. The molecule has 0 aliphatic heterocycles. The highest BCUT2D eigenvalue weighted by atomic mass is 16.5. The van der Waals surface area contributed by atoms with Crippen molar-refractivity contribution in [3.05, 3.63) is 66.7 Å². The molecule has 0 unspecified atom stereocenters. The first-order valence-electron chi connectivity index (χ1n) is 7.82. The molecule has 2 rings (SSSR count). The number of carbonyl (C=O) groups is 2. The number of hydrogen-bond donors (Lipinski definition) is 3. The SMILES string of the molecule is C=CCOc1ccc(NC(=O)CNc2ccc(C(=O)NC)cc2)cc1. The summed E-state index contributed by atoms with van der Waals surface area (Å²) in [5.74, 6) is 0.396. The largest absolute Gasteiger partial charge is 0.490 e. The van der Waals surface area contributed by atoms with Gasteiger partial charge in [-0.3, -0.25) is 9.59 Å². The lowest BCUT2D eigenvalue weighted by atomic mass is 10.2. The quantitative estimate of drug-likeness (QED) is 0.646. The standard InChI is InChI=1S/C19H21N3O3/c1-3-12-25-17-10-8-16(9-11-17)22-18(23)13-21-15-6-4-14(5-7-15)19(24)20-2/h3-11,21H,1,12-13H2,2H3,(H,20,24)(H,22,23). The second-order valence-electron chi connectivity index (χ2n) is 5.18. The van der Waals surface area contributed by atoms with E-state index in [9.17, 15) is 9.59 Å². The molecule has 25 heavy (non-hydrogen) atoms. The summed E-state index contributed by atoms with van der Waals surface area (Å²) in [4.78, 5) is 23.4. The van der Waals surface area contributed by atoms with Gasteiger partial charge in [-0.2, -0.15) is 0 Å². The Balaban J connectivity index is 1.82. The highest BCUT2D eigenvalue weighted by Gasteiger charge is 2.05. The molecule has 0 bridgehead atoms. The zero-order chi connectivity index (χ0) is 18.1. The summed E-state index contributed by atoms with van der Waals surface area (Å²) in [5, 5.41) is 8.36. The molecule has 0 saturated heterocycles. The summed E-state index contributed by atoms with van der Waals surface area (Å²) in [6, 6.07) is 14.0. The zero-order valence-electron chi connectivity index (χ0n) is 14.0. The van der Waals surface area contributed by atoms with Gasteiger partial charge in [-0.1, -0.05) is 12.7 Å². The first-order chi connectivity index (χ1) is 12.1. The molecule has 0 aliphatic carbocycles. The van der Waals surface area contributed by atoms with Crippen molar-refractivity contribution in [1.82, 2.24) is 5.32 Å². The monoisotopic (exact) mass is 339 g/mol. The third kappa shape index (κ3) is 5.69. The molecule has 0 atom stereocenters. The van der Waals surface area contributed by atoms with Gasteiger partial charge in [0.1, 0.15) is 12.4 Å². The minimum Gasteiger partial charge on any atom is -0.490 e. The van der Waals surface area contributed by atoms with Gasteiger partial charge in [0.2, 0.25) is 5.91 Å². The Labute approximate surface area is 146 Å². The van der Waals surface area contributed by atoms with Crippen molar-refractivity contribution in [2.75, 3.05) is 30.8 Å². The van der Waals surface area contributed by atoms with Crippen molar-refractivity contribution in [1.29, 1.82) is 0 Å². The average molecular weight is 339 g/mol. The topological polar surface area (TPSA) is 79.5 Å². The molecule has 130 valence electrons. The van der Waals surface area contributed by atoms with Crippen LogP contribution < -0.4 is 20.7 Å². The molecule has 6 heteroatoms. The molecular weight excluding hydrogens is 318 g/mol. The van der Waals surface area contributed by atoms with Gasteiger partial charge in [0.15, 0.2) is 0 Å². The fourth-order valence-electron chi connectivity index (χ4n) is 2.06. The van der Waals surface area contributed by atoms with E-state index in [0.29, 0.717) is 23.6 Å². The smallest absolute Gasteiger partial charge is 0.251 e. The van der Waals surface area contributed by atoms with E-state index in [0.717, 1.165) is 5.69 Å². The van der Waals surface area contributed by atoms with Gasteiger partial charge >= 0.3 is 0 Å². The van der Waals surface area contributed by atoms with Crippen LogP contribution in [0.15, 0.2) is 61.2 Å². The van der Waals surface area contributed by atoms with Crippen LogP contribution in [-0.2, 0) is 4.79 Å². The minimum absolute atomic E-state index is 0.119. The van der Waals surface area contributed by atoms with Crippen molar-refractivity contribution in [3.63, 3.8) is 0 Å². The van der Waals surface area contributed by atoms with Crippen LogP contribution in [0.25, 0.3) is 0 Å². The summed E-state index contributed by atoms with van der Waals surface area (Å²) in [7, 11) is 1.58. The van der Waals surface area contributed by atoms with Crippen LogP contribution in [0.4, 0.5) is 11.4 Å². The summed E-state index contributed by atoms with van der Waals surface area (Å²) in [5.41, 5.74) is 2.01. The third-order valence-corrected chi connectivity index (χ3v) is 3.33. The Hall–Kier alpha value is -3.28. The van der Waals surface area contributed by atoms with Gasteiger partial charge in [0, 0.05) is 24.0 Å². The molecule has 0 saturated carbocycles. The van der Waals surface area contributed by atoms with Crippen LogP contribution in [-0.4, -0.2) is 32.0 Å². The van der Waals surface area contributed by atoms with E-state index in [1.807, 2.05) is 0 Å². The Morgan fingerprint density at radius 1 is 1.04 bits per heavy atom. The molecule has 0 fully saturated rings. The van der Waals surface area contributed by atoms with Crippen LogP contribution in [0.1, 0.15) is 10.4 Å². The number of ether oxygens (including phenoxy) is 1. The van der Waals surface area contributed by atoms with E-state index in [-0.39, 0.29) is 18.4 Å². The van der Waals surface area contributed by atoms with Crippen molar-refractivity contribution >= 4 is 23.2 Å². The summed E-state index contributed by atoms with van der Waals surface area (Å²) in [6.07, 6.45) is 1.67. The van der Waals surface area contributed by atoms with Gasteiger partial charge in [-0.25, -0.2) is 0 Å². The molecular formula is C19H21N3O3. The first-order valence-corrected chi connectivity index (χ1v) is 7.82. The Morgan fingerprint density at radius 2 is 1.68 bits per heavy atom. The lowest BCUT2D eigenvalue weighted by Gasteiger charge is -2.09. The molecule has 2 aromatic carbocycles. The molecule has 0 spiro atoms. The van der Waals surface area contributed by atoms with Gasteiger partial charge in [0.05, 0.1) is 6.54 Å². The van der Waals surface area contributed by atoms with Gasteiger partial charge in [-0.05, 0) is 48.5 Å². The van der Waals surface area contributed by atoms with E-state index in [2.05, 4.69) is 22.5 Å². The fraction of sp³-hybridized carbons (Fsp3) is 0.158. The highest BCUT2D eigenvalue weighted by Crippen LogP contribution is 2.15. The van der Waals surface area contributed by atoms with Crippen LogP contribution >= 0.6 is 0 Å². The lowest BCUT2D eigenvalue weighted by Crippen LogP contribution is -2.22.